The third-order valence-electron chi connectivity index (χ3n) is 4.23. The van der Waals surface area contributed by atoms with Crippen molar-refractivity contribution in [3.63, 3.8) is 0 Å². The van der Waals surface area contributed by atoms with E-state index < -0.39 is 0 Å². The van der Waals surface area contributed by atoms with Crippen molar-refractivity contribution in [1.29, 1.82) is 0 Å². The lowest BCUT2D eigenvalue weighted by Crippen LogP contribution is -2.42. The standard InChI is InChI=1S/C14H16Cl2FN/c15-9-6-10-4-5-11(7-9)18(10)8-12-13(16)2-1-3-14(12)17/h1-3,9-11H,4-8H2. The normalized spacial score (nSPS) is 31.8. The van der Waals surface area contributed by atoms with Crippen LogP contribution >= 0.6 is 23.2 Å². The van der Waals surface area contributed by atoms with E-state index in [0.29, 0.717) is 29.2 Å². The van der Waals surface area contributed by atoms with E-state index >= 15 is 0 Å². The number of benzene rings is 1. The summed E-state index contributed by atoms with van der Waals surface area (Å²) in [5, 5.41) is 0.817. The molecule has 2 saturated heterocycles. The zero-order valence-corrected chi connectivity index (χ0v) is 11.6. The molecular formula is C14H16Cl2FN. The maximum atomic E-state index is 13.8. The Morgan fingerprint density at radius 1 is 1.22 bits per heavy atom. The first-order valence-corrected chi connectivity index (χ1v) is 7.29. The average Bonchev–Trinajstić information content (AvgIpc) is 2.56. The van der Waals surface area contributed by atoms with Crippen LogP contribution in [0, 0.1) is 5.82 Å². The summed E-state index contributed by atoms with van der Waals surface area (Å²) in [7, 11) is 0. The van der Waals surface area contributed by atoms with Crippen molar-refractivity contribution in [2.45, 2.75) is 49.7 Å². The van der Waals surface area contributed by atoms with Gasteiger partial charge in [-0.3, -0.25) is 4.90 Å². The molecule has 0 spiro atoms. The molecule has 0 aliphatic carbocycles. The highest BCUT2D eigenvalue weighted by Crippen LogP contribution is 2.39. The van der Waals surface area contributed by atoms with E-state index in [0.717, 1.165) is 12.8 Å². The molecule has 1 nitrogen and oxygen atoms in total. The Bertz CT molecular complexity index is 417. The van der Waals surface area contributed by atoms with E-state index in [4.69, 9.17) is 23.2 Å². The Morgan fingerprint density at radius 2 is 1.89 bits per heavy atom. The number of fused-ring (bicyclic) bond motifs is 2. The zero-order valence-electron chi connectivity index (χ0n) is 10.1. The third-order valence-corrected chi connectivity index (χ3v) is 4.94. The lowest BCUT2D eigenvalue weighted by Gasteiger charge is -2.37. The van der Waals surface area contributed by atoms with Gasteiger partial charge in [0.25, 0.3) is 0 Å². The van der Waals surface area contributed by atoms with Crippen LogP contribution < -0.4 is 0 Å². The van der Waals surface area contributed by atoms with Gasteiger partial charge in [0.15, 0.2) is 0 Å². The molecule has 3 rings (SSSR count). The van der Waals surface area contributed by atoms with Crippen molar-refractivity contribution in [3.05, 3.63) is 34.6 Å². The predicted molar refractivity (Wildman–Crippen MR) is 72.6 cm³/mol. The first-order valence-electron chi connectivity index (χ1n) is 6.48. The van der Waals surface area contributed by atoms with Gasteiger partial charge in [-0.15, -0.1) is 11.6 Å². The predicted octanol–water partition coefficient (Wildman–Crippen LogP) is 4.21. The number of piperidine rings is 1. The van der Waals surface area contributed by atoms with Crippen molar-refractivity contribution in [2.24, 2.45) is 0 Å². The Kier molecular flexibility index (Phi) is 3.52. The van der Waals surface area contributed by atoms with Gasteiger partial charge in [-0.2, -0.15) is 0 Å². The summed E-state index contributed by atoms with van der Waals surface area (Å²) in [5.41, 5.74) is 0.629. The molecule has 0 radical (unpaired) electrons. The van der Waals surface area contributed by atoms with Crippen molar-refractivity contribution < 1.29 is 4.39 Å². The number of hydrogen-bond acceptors (Lipinski definition) is 1. The highest BCUT2D eigenvalue weighted by molar-refractivity contribution is 6.31. The minimum absolute atomic E-state index is 0.199. The van der Waals surface area contributed by atoms with Gasteiger partial charge in [-0.1, -0.05) is 17.7 Å². The zero-order chi connectivity index (χ0) is 12.7. The highest BCUT2D eigenvalue weighted by atomic mass is 35.5. The molecule has 0 saturated carbocycles. The SMILES string of the molecule is Fc1cccc(Cl)c1CN1C2CCC1CC(Cl)C2. The fourth-order valence-electron chi connectivity index (χ4n) is 3.33. The summed E-state index contributed by atoms with van der Waals surface area (Å²) >= 11 is 12.4. The maximum absolute atomic E-state index is 13.8. The fraction of sp³-hybridized carbons (Fsp3) is 0.571. The molecule has 2 unspecified atom stereocenters. The molecular weight excluding hydrogens is 272 g/mol. The molecule has 1 aromatic rings. The molecule has 0 aromatic heterocycles. The van der Waals surface area contributed by atoms with Crippen LogP contribution in [0.1, 0.15) is 31.2 Å². The lowest BCUT2D eigenvalue weighted by molar-refractivity contribution is 0.133. The second kappa shape index (κ2) is 4.99. The molecule has 18 heavy (non-hydrogen) atoms. The molecule has 2 fully saturated rings. The van der Waals surface area contributed by atoms with Crippen molar-refractivity contribution in [1.82, 2.24) is 4.90 Å². The van der Waals surface area contributed by atoms with E-state index in [1.54, 1.807) is 12.1 Å². The molecule has 2 heterocycles. The third kappa shape index (κ3) is 2.26. The first-order chi connectivity index (χ1) is 8.65. The quantitative estimate of drug-likeness (QED) is 0.737. The van der Waals surface area contributed by atoms with Gasteiger partial charge in [0, 0.05) is 34.6 Å². The first kappa shape index (κ1) is 12.7. The molecule has 0 N–H and O–H groups in total. The number of rotatable bonds is 2. The Balaban J connectivity index is 1.81. The smallest absolute Gasteiger partial charge is 0.129 e. The molecule has 2 atom stereocenters. The maximum Gasteiger partial charge on any atom is 0.129 e. The van der Waals surface area contributed by atoms with Crippen LogP contribution in [0.4, 0.5) is 4.39 Å². The van der Waals surface area contributed by atoms with E-state index in [-0.39, 0.29) is 11.2 Å². The van der Waals surface area contributed by atoms with Crippen LogP contribution in [0.5, 0.6) is 0 Å². The summed E-state index contributed by atoms with van der Waals surface area (Å²) in [5.74, 6) is -0.199. The Hall–Kier alpha value is -0.310. The van der Waals surface area contributed by atoms with Gasteiger partial charge in [-0.05, 0) is 37.8 Å². The van der Waals surface area contributed by atoms with Crippen LogP contribution in [0.3, 0.4) is 0 Å². The number of nitrogens with zero attached hydrogens (tertiary/aromatic N) is 1. The second-order valence-electron chi connectivity index (χ2n) is 5.33. The van der Waals surface area contributed by atoms with Crippen molar-refractivity contribution in [3.8, 4) is 0 Å². The van der Waals surface area contributed by atoms with E-state index in [1.807, 2.05) is 0 Å². The van der Waals surface area contributed by atoms with E-state index in [9.17, 15) is 4.39 Å². The minimum Gasteiger partial charge on any atom is -0.293 e. The topological polar surface area (TPSA) is 3.24 Å². The molecule has 1 aromatic carbocycles. The molecule has 2 bridgehead atoms. The van der Waals surface area contributed by atoms with Gasteiger partial charge < -0.3 is 0 Å². The fourth-order valence-corrected chi connectivity index (χ4v) is 3.97. The van der Waals surface area contributed by atoms with Crippen LogP contribution in [0.2, 0.25) is 5.02 Å². The van der Waals surface area contributed by atoms with Crippen LogP contribution in [0.25, 0.3) is 0 Å². The van der Waals surface area contributed by atoms with E-state index in [1.165, 1.54) is 18.9 Å². The van der Waals surface area contributed by atoms with Gasteiger partial charge in [0.2, 0.25) is 0 Å². The van der Waals surface area contributed by atoms with Crippen LogP contribution in [0.15, 0.2) is 18.2 Å². The second-order valence-corrected chi connectivity index (χ2v) is 6.35. The van der Waals surface area contributed by atoms with Gasteiger partial charge in [0.05, 0.1) is 0 Å². The van der Waals surface area contributed by atoms with Crippen LogP contribution in [-0.2, 0) is 6.54 Å². The van der Waals surface area contributed by atoms with Crippen LogP contribution in [-0.4, -0.2) is 22.4 Å². The summed E-state index contributed by atoms with van der Waals surface area (Å²) in [6.07, 6.45) is 4.40. The van der Waals surface area contributed by atoms with Gasteiger partial charge in [-0.25, -0.2) is 4.39 Å². The average molecular weight is 288 g/mol. The summed E-state index contributed by atoms with van der Waals surface area (Å²) in [6.45, 7) is 0.616. The van der Waals surface area contributed by atoms with Gasteiger partial charge >= 0.3 is 0 Å². The molecule has 2 aliphatic rings. The Morgan fingerprint density at radius 3 is 2.50 bits per heavy atom. The largest absolute Gasteiger partial charge is 0.293 e. The molecule has 4 heteroatoms. The summed E-state index contributed by atoms with van der Waals surface area (Å²) in [6, 6.07) is 5.90. The van der Waals surface area contributed by atoms with Gasteiger partial charge in [0.1, 0.15) is 5.82 Å². The summed E-state index contributed by atoms with van der Waals surface area (Å²) < 4.78 is 13.8. The summed E-state index contributed by atoms with van der Waals surface area (Å²) in [4.78, 5) is 2.39. The number of alkyl halides is 1. The van der Waals surface area contributed by atoms with E-state index in [2.05, 4.69) is 4.90 Å². The van der Waals surface area contributed by atoms with Crippen molar-refractivity contribution in [2.75, 3.05) is 0 Å². The Labute approximate surface area is 117 Å². The lowest BCUT2D eigenvalue weighted by atomic mass is 10.0. The van der Waals surface area contributed by atoms with Crippen molar-refractivity contribution >= 4 is 23.2 Å². The monoisotopic (exact) mass is 287 g/mol. The minimum atomic E-state index is -0.199. The molecule has 98 valence electrons. The highest BCUT2D eigenvalue weighted by Gasteiger charge is 2.40. The molecule has 2 aliphatic heterocycles. The number of halogens is 3. The molecule has 0 amide bonds. The number of hydrogen-bond donors (Lipinski definition) is 0.